The molecule has 0 saturated carbocycles. The second kappa shape index (κ2) is 7.06. The molecule has 0 fully saturated rings. The van der Waals surface area contributed by atoms with Crippen molar-refractivity contribution in [3.05, 3.63) is 65.5 Å². The molecule has 7 heteroatoms. The van der Waals surface area contributed by atoms with Gasteiger partial charge in [0, 0.05) is 16.9 Å². The summed E-state index contributed by atoms with van der Waals surface area (Å²) in [5, 5.41) is 7.44. The lowest BCUT2D eigenvalue weighted by Gasteiger charge is -2.09. The maximum absolute atomic E-state index is 12.1. The van der Waals surface area contributed by atoms with Gasteiger partial charge in [-0.2, -0.15) is 0 Å². The molecule has 0 aliphatic carbocycles. The van der Waals surface area contributed by atoms with Crippen molar-refractivity contribution in [1.82, 2.24) is 0 Å². The quantitative estimate of drug-likeness (QED) is 0.537. The van der Waals surface area contributed by atoms with E-state index in [4.69, 9.17) is 11.5 Å². The molecule has 3 rings (SSSR count). The normalized spacial score (nSPS) is 10.2. The number of thiophene rings is 1. The smallest absolute Gasteiger partial charge is 0.324 e. The highest BCUT2D eigenvalue weighted by atomic mass is 32.1. The molecule has 6 nitrogen and oxygen atoms in total. The van der Waals surface area contributed by atoms with Crippen LogP contribution in [0.15, 0.2) is 60.0 Å². The summed E-state index contributed by atoms with van der Waals surface area (Å²) >= 11 is 1.23. The number of nitrogens with two attached hydrogens (primary N) is 2. The third-order valence-corrected chi connectivity index (χ3v) is 4.40. The Morgan fingerprint density at radius 3 is 2.32 bits per heavy atom. The average molecular weight is 352 g/mol. The number of benzene rings is 2. The number of carbonyl (C=O) groups is 2. The van der Waals surface area contributed by atoms with Gasteiger partial charge in [-0.1, -0.05) is 30.3 Å². The van der Waals surface area contributed by atoms with Crippen LogP contribution in [0.3, 0.4) is 0 Å². The predicted octanol–water partition coefficient (Wildman–Crippen LogP) is 3.74. The standard InChI is InChI=1S/C18H16N4O2S/c19-15-4-2-1-3-13(15)11-5-7-12(8-6-11)21-18(24)22-17-14(16(20)23)9-10-25-17/h1-10H,19H2,(H2,20,23)(H2,21,22,24). The number of hydrogen-bond acceptors (Lipinski definition) is 4. The molecule has 2 aromatic carbocycles. The summed E-state index contributed by atoms with van der Waals surface area (Å²) in [7, 11) is 0. The van der Waals surface area contributed by atoms with Gasteiger partial charge in [-0.3, -0.25) is 10.1 Å². The number of urea groups is 1. The number of nitrogen functional groups attached to an aromatic ring is 1. The summed E-state index contributed by atoms with van der Waals surface area (Å²) in [5.41, 5.74) is 14.7. The summed E-state index contributed by atoms with van der Waals surface area (Å²) in [5.74, 6) is -0.582. The molecule has 0 aliphatic rings. The van der Waals surface area contributed by atoms with Crippen molar-refractivity contribution in [2.45, 2.75) is 0 Å². The summed E-state index contributed by atoms with van der Waals surface area (Å²) in [6.45, 7) is 0. The molecule has 1 aromatic heterocycles. The molecule has 0 atom stereocenters. The zero-order valence-corrected chi connectivity index (χ0v) is 14.0. The van der Waals surface area contributed by atoms with E-state index in [1.54, 1.807) is 23.6 Å². The molecule has 0 radical (unpaired) electrons. The van der Waals surface area contributed by atoms with Crippen LogP contribution in [0, 0.1) is 0 Å². The minimum absolute atomic E-state index is 0.287. The van der Waals surface area contributed by atoms with Crippen molar-refractivity contribution < 1.29 is 9.59 Å². The topological polar surface area (TPSA) is 110 Å². The lowest BCUT2D eigenvalue weighted by atomic mass is 10.0. The van der Waals surface area contributed by atoms with Crippen LogP contribution in [0.25, 0.3) is 11.1 Å². The first-order chi connectivity index (χ1) is 12.0. The van der Waals surface area contributed by atoms with Crippen LogP contribution in [-0.4, -0.2) is 11.9 Å². The molecular weight excluding hydrogens is 336 g/mol. The Hall–Kier alpha value is -3.32. The Kier molecular flexibility index (Phi) is 4.67. The van der Waals surface area contributed by atoms with E-state index >= 15 is 0 Å². The van der Waals surface area contributed by atoms with Gasteiger partial charge in [-0.15, -0.1) is 11.3 Å². The van der Waals surface area contributed by atoms with Crippen molar-refractivity contribution >= 4 is 39.7 Å². The van der Waals surface area contributed by atoms with E-state index in [2.05, 4.69) is 10.6 Å². The minimum Gasteiger partial charge on any atom is -0.398 e. The van der Waals surface area contributed by atoms with Crippen LogP contribution in [-0.2, 0) is 0 Å². The number of rotatable bonds is 4. The second-order valence-electron chi connectivity index (χ2n) is 5.27. The van der Waals surface area contributed by atoms with Gasteiger partial charge in [-0.25, -0.2) is 4.79 Å². The van der Waals surface area contributed by atoms with Crippen LogP contribution in [0.5, 0.6) is 0 Å². The first kappa shape index (κ1) is 16.5. The number of hydrogen-bond donors (Lipinski definition) is 4. The minimum atomic E-state index is -0.582. The molecule has 0 spiro atoms. The van der Waals surface area contributed by atoms with Crippen molar-refractivity contribution in [2.75, 3.05) is 16.4 Å². The maximum atomic E-state index is 12.1. The van der Waals surface area contributed by atoms with Crippen LogP contribution in [0.2, 0.25) is 0 Å². The summed E-state index contributed by atoms with van der Waals surface area (Å²) in [4.78, 5) is 23.3. The molecule has 25 heavy (non-hydrogen) atoms. The molecule has 1 heterocycles. The number of anilines is 3. The third-order valence-electron chi connectivity index (χ3n) is 3.57. The van der Waals surface area contributed by atoms with Crippen LogP contribution in [0.1, 0.15) is 10.4 Å². The molecule has 6 N–H and O–H groups in total. The van der Waals surface area contributed by atoms with E-state index in [1.807, 2.05) is 36.4 Å². The van der Waals surface area contributed by atoms with Crippen LogP contribution < -0.4 is 22.1 Å². The van der Waals surface area contributed by atoms with Crippen LogP contribution >= 0.6 is 11.3 Å². The van der Waals surface area contributed by atoms with Gasteiger partial charge in [0.25, 0.3) is 5.91 Å². The van der Waals surface area contributed by atoms with Crippen molar-refractivity contribution in [3.63, 3.8) is 0 Å². The van der Waals surface area contributed by atoms with Gasteiger partial charge < -0.3 is 16.8 Å². The molecule has 0 unspecified atom stereocenters. The Bertz CT molecular complexity index is 919. The number of carbonyl (C=O) groups excluding carboxylic acids is 2. The fourth-order valence-corrected chi connectivity index (χ4v) is 3.15. The highest BCUT2D eigenvalue weighted by Crippen LogP contribution is 2.27. The van der Waals surface area contributed by atoms with Gasteiger partial charge in [0.05, 0.1) is 5.56 Å². The fourth-order valence-electron chi connectivity index (χ4n) is 2.36. The van der Waals surface area contributed by atoms with E-state index in [0.717, 1.165) is 11.1 Å². The van der Waals surface area contributed by atoms with Gasteiger partial charge in [-0.05, 0) is 35.2 Å². The molecule has 0 bridgehead atoms. The largest absolute Gasteiger partial charge is 0.398 e. The number of nitrogens with one attached hydrogen (secondary N) is 2. The summed E-state index contributed by atoms with van der Waals surface area (Å²) in [6.07, 6.45) is 0. The Labute approximate surface area is 148 Å². The Balaban J connectivity index is 1.69. The third kappa shape index (κ3) is 3.78. The van der Waals surface area contributed by atoms with Crippen molar-refractivity contribution in [3.8, 4) is 11.1 Å². The summed E-state index contributed by atoms with van der Waals surface area (Å²) in [6, 6.07) is 16.0. The lowest BCUT2D eigenvalue weighted by molar-refractivity contribution is 0.100. The predicted molar refractivity (Wildman–Crippen MR) is 102 cm³/mol. The zero-order valence-electron chi connectivity index (χ0n) is 13.2. The van der Waals surface area contributed by atoms with Gasteiger partial charge in [0.15, 0.2) is 0 Å². The first-order valence-electron chi connectivity index (χ1n) is 7.45. The van der Waals surface area contributed by atoms with E-state index in [9.17, 15) is 9.59 Å². The van der Waals surface area contributed by atoms with Crippen molar-refractivity contribution in [2.24, 2.45) is 5.73 Å². The molecule has 0 saturated heterocycles. The van der Waals surface area contributed by atoms with E-state index in [1.165, 1.54) is 11.3 Å². The van der Waals surface area contributed by atoms with E-state index in [-0.39, 0.29) is 5.56 Å². The molecule has 126 valence electrons. The Morgan fingerprint density at radius 1 is 0.920 bits per heavy atom. The number of para-hydroxylation sites is 1. The van der Waals surface area contributed by atoms with Crippen molar-refractivity contribution in [1.29, 1.82) is 0 Å². The van der Waals surface area contributed by atoms with Gasteiger partial charge >= 0.3 is 6.03 Å². The molecular formula is C18H16N4O2S. The maximum Gasteiger partial charge on any atom is 0.324 e. The molecule has 3 amide bonds. The van der Waals surface area contributed by atoms with E-state index in [0.29, 0.717) is 16.4 Å². The average Bonchev–Trinajstić information content (AvgIpc) is 3.04. The first-order valence-corrected chi connectivity index (χ1v) is 8.33. The SMILES string of the molecule is NC(=O)c1ccsc1NC(=O)Nc1ccc(-c2ccccc2N)cc1. The van der Waals surface area contributed by atoms with Gasteiger partial charge in [0.2, 0.25) is 0 Å². The Morgan fingerprint density at radius 2 is 1.64 bits per heavy atom. The summed E-state index contributed by atoms with van der Waals surface area (Å²) < 4.78 is 0. The fraction of sp³-hybridized carbons (Fsp3) is 0. The highest BCUT2D eigenvalue weighted by molar-refractivity contribution is 7.14. The molecule has 0 aliphatic heterocycles. The monoisotopic (exact) mass is 352 g/mol. The number of amides is 3. The highest BCUT2D eigenvalue weighted by Gasteiger charge is 2.12. The van der Waals surface area contributed by atoms with E-state index < -0.39 is 11.9 Å². The molecule has 3 aromatic rings. The number of primary amides is 1. The second-order valence-corrected chi connectivity index (χ2v) is 6.19. The van der Waals surface area contributed by atoms with Crippen LogP contribution in [0.4, 0.5) is 21.2 Å². The lowest BCUT2D eigenvalue weighted by Crippen LogP contribution is -2.21. The zero-order chi connectivity index (χ0) is 17.8. The van der Waals surface area contributed by atoms with Gasteiger partial charge in [0.1, 0.15) is 5.00 Å².